The van der Waals surface area contributed by atoms with Gasteiger partial charge in [-0.25, -0.2) is 9.48 Å². The van der Waals surface area contributed by atoms with E-state index in [1.807, 2.05) is 31.2 Å². The monoisotopic (exact) mass is 348 g/mol. The van der Waals surface area contributed by atoms with Crippen LogP contribution in [0.4, 0.5) is 4.79 Å². The minimum atomic E-state index is -0.280. The zero-order chi connectivity index (χ0) is 17.1. The number of carbonyl (C=O) groups excluding carboxylic acids is 1. The number of carbonyl (C=O) groups is 1. The molecule has 1 heterocycles. The molecule has 0 unspecified atom stereocenters. The molecule has 8 heteroatoms. The topological polar surface area (TPSA) is 84.7 Å². The molecule has 2 N–H and O–H groups in total. The molecule has 2 atom stereocenters. The van der Waals surface area contributed by atoms with Crippen molar-refractivity contribution in [3.05, 3.63) is 40.7 Å². The van der Waals surface area contributed by atoms with Gasteiger partial charge in [0.15, 0.2) is 5.82 Å². The fourth-order valence-corrected chi connectivity index (χ4v) is 3.09. The first-order valence-electron chi connectivity index (χ1n) is 8.09. The second-order valence-electron chi connectivity index (χ2n) is 6.22. The number of tetrazole rings is 1. The highest BCUT2D eigenvalue weighted by Crippen LogP contribution is 2.38. The van der Waals surface area contributed by atoms with Crippen molar-refractivity contribution in [2.45, 2.75) is 38.3 Å². The molecule has 128 valence electrons. The molecular weight excluding hydrogens is 328 g/mol. The number of halogens is 1. The van der Waals surface area contributed by atoms with Crippen LogP contribution >= 0.6 is 11.6 Å². The number of aromatic nitrogens is 4. The summed E-state index contributed by atoms with van der Waals surface area (Å²) in [4.78, 5) is 12.4. The van der Waals surface area contributed by atoms with Crippen LogP contribution in [0.2, 0.25) is 5.02 Å². The largest absolute Gasteiger partial charge is 0.331 e. The first kappa shape index (κ1) is 16.7. The van der Waals surface area contributed by atoms with Gasteiger partial charge in [-0.1, -0.05) is 30.2 Å². The molecule has 1 saturated carbocycles. The second-order valence-corrected chi connectivity index (χ2v) is 6.66. The van der Waals surface area contributed by atoms with Gasteiger partial charge in [0.05, 0.1) is 12.1 Å². The molecule has 0 saturated heterocycles. The van der Waals surface area contributed by atoms with Crippen molar-refractivity contribution in [1.29, 1.82) is 0 Å². The SMILES string of the molecule is C[C@H](NC(=O)N[C@@H](c1ccc(Cl)cc1)C1CCC1)c1nnnn1C. The van der Waals surface area contributed by atoms with Gasteiger partial charge in [0.2, 0.25) is 0 Å². The van der Waals surface area contributed by atoms with Crippen LogP contribution in [0.15, 0.2) is 24.3 Å². The van der Waals surface area contributed by atoms with E-state index >= 15 is 0 Å². The fourth-order valence-electron chi connectivity index (χ4n) is 2.96. The number of aryl methyl sites for hydroxylation is 1. The van der Waals surface area contributed by atoms with Gasteiger partial charge in [0.25, 0.3) is 0 Å². The van der Waals surface area contributed by atoms with Crippen molar-refractivity contribution in [2.24, 2.45) is 13.0 Å². The summed E-state index contributed by atoms with van der Waals surface area (Å²) < 4.78 is 1.55. The van der Waals surface area contributed by atoms with Crippen LogP contribution in [0.1, 0.15) is 49.7 Å². The van der Waals surface area contributed by atoms with E-state index in [9.17, 15) is 4.79 Å². The van der Waals surface area contributed by atoms with Crippen LogP contribution in [0.5, 0.6) is 0 Å². The lowest BCUT2D eigenvalue weighted by atomic mass is 9.77. The Kier molecular flexibility index (Phi) is 4.99. The number of nitrogens with zero attached hydrogens (tertiary/aromatic N) is 4. The number of rotatable bonds is 5. The summed E-state index contributed by atoms with van der Waals surface area (Å²) in [7, 11) is 1.75. The third-order valence-corrected chi connectivity index (χ3v) is 4.78. The van der Waals surface area contributed by atoms with Crippen LogP contribution < -0.4 is 10.6 Å². The van der Waals surface area contributed by atoms with Crippen molar-refractivity contribution >= 4 is 17.6 Å². The number of amides is 2. The number of hydrogen-bond donors (Lipinski definition) is 2. The zero-order valence-electron chi connectivity index (χ0n) is 13.7. The average Bonchev–Trinajstić information content (AvgIpc) is 2.92. The third-order valence-electron chi connectivity index (χ3n) is 4.52. The van der Waals surface area contributed by atoms with Crippen LogP contribution in [-0.2, 0) is 7.05 Å². The molecule has 7 nitrogen and oxygen atoms in total. The lowest BCUT2D eigenvalue weighted by Crippen LogP contribution is -2.43. The van der Waals surface area contributed by atoms with E-state index in [4.69, 9.17) is 11.6 Å². The summed E-state index contributed by atoms with van der Waals surface area (Å²) in [6, 6.07) is 7.14. The standard InChI is InChI=1S/C16H21ClN6O/c1-10(15-20-21-22-23(15)2)18-16(24)19-14(11-4-3-5-11)12-6-8-13(17)9-7-12/h6-11,14H,3-5H2,1-2H3,(H2,18,19,24)/t10-,14+/m0/s1. The Morgan fingerprint density at radius 3 is 2.54 bits per heavy atom. The number of benzene rings is 1. The summed E-state index contributed by atoms with van der Waals surface area (Å²) in [5.74, 6) is 1.07. The van der Waals surface area contributed by atoms with Gasteiger partial charge in [0, 0.05) is 12.1 Å². The molecule has 24 heavy (non-hydrogen) atoms. The Labute approximate surface area is 145 Å². The molecule has 0 radical (unpaired) electrons. The quantitative estimate of drug-likeness (QED) is 0.870. The number of hydrogen-bond acceptors (Lipinski definition) is 4. The fraction of sp³-hybridized carbons (Fsp3) is 0.500. The van der Waals surface area contributed by atoms with E-state index in [1.165, 1.54) is 6.42 Å². The van der Waals surface area contributed by atoms with Crippen molar-refractivity contribution in [2.75, 3.05) is 0 Å². The summed E-state index contributed by atoms with van der Waals surface area (Å²) in [5.41, 5.74) is 1.08. The van der Waals surface area contributed by atoms with E-state index in [-0.39, 0.29) is 18.1 Å². The highest BCUT2D eigenvalue weighted by Gasteiger charge is 2.30. The summed E-state index contributed by atoms with van der Waals surface area (Å²) in [6.45, 7) is 1.85. The summed E-state index contributed by atoms with van der Waals surface area (Å²) in [6.07, 6.45) is 3.45. The molecule has 1 aromatic carbocycles. The van der Waals surface area contributed by atoms with Gasteiger partial charge in [-0.15, -0.1) is 5.10 Å². The molecule has 2 aromatic rings. The van der Waals surface area contributed by atoms with Crippen molar-refractivity contribution in [3.8, 4) is 0 Å². The summed E-state index contributed by atoms with van der Waals surface area (Å²) >= 11 is 5.97. The molecule has 0 aliphatic heterocycles. The maximum atomic E-state index is 12.4. The Morgan fingerprint density at radius 2 is 2.00 bits per heavy atom. The van der Waals surface area contributed by atoms with E-state index in [0.717, 1.165) is 18.4 Å². The maximum Gasteiger partial charge on any atom is 0.315 e. The highest BCUT2D eigenvalue weighted by molar-refractivity contribution is 6.30. The minimum absolute atomic E-state index is 0.0131. The van der Waals surface area contributed by atoms with Gasteiger partial charge >= 0.3 is 6.03 Å². The minimum Gasteiger partial charge on any atom is -0.331 e. The molecular formula is C16H21ClN6O. The van der Waals surface area contributed by atoms with E-state index in [0.29, 0.717) is 16.8 Å². The van der Waals surface area contributed by atoms with Crippen molar-refractivity contribution < 1.29 is 4.79 Å². The molecule has 1 aliphatic carbocycles. The highest BCUT2D eigenvalue weighted by atomic mass is 35.5. The predicted octanol–water partition coefficient (Wildman–Crippen LogP) is 2.77. The van der Waals surface area contributed by atoms with Gasteiger partial charge in [-0.2, -0.15) is 0 Å². The molecule has 2 amide bonds. The molecule has 3 rings (SSSR count). The van der Waals surface area contributed by atoms with Crippen LogP contribution in [0.3, 0.4) is 0 Å². The number of urea groups is 1. The third kappa shape index (κ3) is 3.67. The van der Waals surface area contributed by atoms with Crippen LogP contribution in [-0.4, -0.2) is 26.2 Å². The van der Waals surface area contributed by atoms with E-state index in [1.54, 1.807) is 11.7 Å². The average molecular weight is 349 g/mol. The van der Waals surface area contributed by atoms with E-state index < -0.39 is 0 Å². The van der Waals surface area contributed by atoms with Crippen LogP contribution in [0.25, 0.3) is 0 Å². The first-order chi connectivity index (χ1) is 11.5. The first-order valence-corrected chi connectivity index (χ1v) is 8.47. The Morgan fingerprint density at radius 1 is 1.29 bits per heavy atom. The zero-order valence-corrected chi connectivity index (χ0v) is 14.5. The molecule has 1 fully saturated rings. The Hall–Kier alpha value is -2.15. The Balaban J connectivity index is 1.67. The Bertz CT molecular complexity index is 697. The maximum absolute atomic E-state index is 12.4. The lowest BCUT2D eigenvalue weighted by Gasteiger charge is -2.35. The van der Waals surface area contributed by atoms with Crippen molar-refractivity contribution in [1.82, 2.24) is 30.8 Å². The smallest absolute Gasteiger partial charge is 0.315 e. The summed E-state index contributed by atoms with van der Waals surface area (Å²) in [5, 5.41) is 18.0. The normalized spacial score (nSPS) is 17.0. The van der Waals surface area contributed by atoms with Crippen molar-refractivity contribution in [3.63, 3.8) is 0 Å². The molecule has 0 spiro atoms. The second kappa shape index (κ2) is 7.17. The van der Waals surface area contributed by atoms with Gasteiger partial charge in [-0.3, -0.25) is 0 Å². The molecule has 0 bridgehead atoms. The molecule has 1 aliphatic rings. The number of nitrogens with one attached hydrogen (secondary N) is 2. The lowest BCUT2D eigenvalue weighted by molar-refractivity contribution is 0.205. The predicted molar refractivity (Wildman–Crippen MR) is 90.4 cm³/mol. The molecule has 1 aromatic heterocycles. The van der Waals surface area contributed by atoms with E-state index in [2.05, 4.69) is 26.2 Å². The van der Waals surface area contributed by atoms with Gasteiger partial charge < -0.3 is 10.6 Å². The van der Waals surface area contributed by atoms with Gasteiger partial charge in [-0.05, 0) is 53.8 Å². The van der Waals surface area contributed by atoms with Gasteiger partial charge in [0.1, 0.15) is 0 Å². The van der Waals surface area contributed by atoms with Crippen LogP contribution in [0, 0.1) is 5.92 Å².